The first-order valence-corrected chi connectivity index (χ1v) is 6.74. The molecule has 0 bridgehead atoms. The van der Waals surface area contributed by atoms with Gasteiger partial charge >= 0.3 is 0 Å². The fourth-order valence-electron chi connectivity index (χ4n) is 1.55. The monoisotopic (exact) mass is 240 g/mol. The Morgan fingerprint density at radius 1 is 1.44 bits per heavy atom. The number of nitrogen functional groups attached to an aromatic ring is 1. The van der Waals surface area contributed by atoms with Gasteiger partial charge in [-0.2, -0.15) is 11.8 Å². The Morgan fingerprint density at radius 2 is 2.12 bits per heavy atom. The van der Waals surface area contributed by atoms with E-state index in [1.165, 1.54) is 0 Å². The van der Waals surface area contributed by atoms with Crippen LogP contribution in [0.2, 0.25) is 0 Å². The summed E-state index contributed by atoms with van der Waals surface area (Å²) in [4.78, 5) is 2.12. The van der Waals surface area contributed by atoms with E-state index in [-0.39, 0.29) is 0 Å². The van der Waals surface area contributed by atoms with Crippen LogP contribution in [0.1, 0.15) is 11.7 Å². The molecular weight excluding hydrogens is 220 g/mol. The highest BCUT2D eigenvalue weighted by molar-refractivity contribution is 7.98. The summed E-state index contributed by atoms with van der Waals surface area (Å²) in [5.74, 6) is 1.08. The number of aliphatic hydroxyl groups is 1. The fraction of sp³-hybridized carbons (Fsp3) is 0.500. The van der Waals surface area contributed by atoms with Gasteiger partial charge in [0.1, 0.15) is 0 Å². The van der Waals surface area contributed by atoms with Crippen molar-refractivity contribution in [2.24, 2.45) is 0 Å². The first-order valence-electron chi connectivity index (χ1n) is 5.35. The number of thioether (sulfide) groups is 1. The molecule has 0 aromatic heterocycles. The van der Waals surface area contributed by atoms with Crippen molar-refractivity contribution in [2.45, 2.75) is 6.10 Å². The SMILES string of the molecule is CSCCN(C)CC(O)c1ccccc1N. The second-order valence-electron chi connectivity index (χ2n) is 3.90. The average molecular weight is 240 g/mol. The lowest BCUT2D eigenvalue weighted by atomic mass is 10.1. The molecule has 0 aliphatic heterocycles. The molecule has 0 fully saturated rings. The summed E-state index contributed by atoms with van der Waals surface area (Å²) >= 11 is 1.81. The molecule has 0 aliphatic rings. The molecule has 0 radical (unpaired) electrons. The van der Waals surface area contributed by atoms with E-state index < -0.39 is 6.10 Å². The lowest BCUT2D eigenvalue weighted by molar-refractivity contribution is 0.130. The van der Waals surface area contributed by atoms with Crippen LogP contribution in [-0.2, 0) is 0 Å². The predicted octanol–water partition coefficient (Wildman–Crippen LogP) is 1.60. The first kappa shape index (κ1) is 13.4. The first-order chi connectivity index (χ1) is 7.65. The van der Waals surface area contributed by atoms with Crippen molar-refractivity contribution in [3.63, 3.8) is 0 Å². The highest BCUT2D eigenvalue weighted by atomic mass is 32.2. The summed E-state index contributed by atoms with van der Waals surface area (Å²) in [7, 11) is 2.01. The summed E-state index contributed by atoms with van der Waals surface area (Å²) in [5.41, 5.74) is 7.29. The third kappa shape index (κ3) is 4.04. The zero-order valence-corrected chi connectivity index (χ0v) is 10.7. The van der Waals surface area contributed by atoms with Gasteiger partial charge in [-0.25, -0.2) is 0 Å². The number of aliphatic hydroxyl groups excluding tert-OH is 1. The summed E-state index contributed by atoms with van der Waals surface area (Å²) in [6.45, 7) is 1.60. The van der Waals surface area contributed by atoms with E-state index in [1.54, 1.807) is 0 Å². The Kier molecular flexibility index (Phi) is 5.66. The molecule has 1 unspecified atom stereocenters. The van der Waals surface area contributed by atoms with Crippen LogP contribution in [0.5, 0.6) is 0 Å². The number of benzene rings is 1. The highest BCUT2D eigenvalue weighted by Crippen LogP contribution is 2.20. The van der Waals surface area contributed by atoms with E-state index in [0.29, 0.717) is 12.2 Å². The minimum Gasteiger partial charge on any atom is -0.398 e. The van der Waals surface area contributed by atoms with Crippen LogP contribution in [0, 0.1) is 0 Å². The molecule has 1 rings (SSSR count). The molecule has 0 amide bonds. The van der Waals surface area contributed by atoms with Crippen LogP contribution in [0.25, 0.3) is 0 Å². The van der Waals surface area contributed by atoms with Gasteiger partial charge in [0.05, 0.1) is 6.10 Å². The van der Waals surface area contributed by atoms with Crippen molar-refractivity contribution in [3.05, 3.63) is 29.8 Å². The van der Waals surface area contributed by atoms with Gasteiger partial charge in [0.15, 0.2) is 0 Å². The number of para-hydroxylation sites is 1. The number of nitrogens with zero attached hydrogens (tertiary/aromatic N) is 1. The lowest BCUT2D eigenvalue weighted by Crippen LogP contribution is -2.27. The minimum absolute atomic E-state index is 0.506. The normalized spacial score (nSPS) is 13.0. The minimum atomic E-state index is -0.506. The van der Waals surface area contributed by atoms with Crippen molar-refractivity contribution >= 4 is 17.4 Å². The van der Waals surface area contributed by atoms with Gasteiger partial charge in [0.2, 0.25) is 0 Å². The highest BCUT2D eigenvalue weighted by Gasteiger charge is 2.12. The maximum absolute atomic E-state index is 10.0. The predicted molar refractivity (Wildman–Crippen MR) is 71.7 cm³/mol. The topological polar surface area (TPSA) is 49.5 Å². The van der Waals surface area contributed by atoms with Gasteiger partial charge in [0, 0.05) is 30.1 Å². The summed E-state index contributed by atoms with van der Waals surface area (Å²) in [5, 5.41) is 10.0. The molecule has 4 heteroatoms. The zero-order chi connectivity index (χ0) is 12.0. The van der Waals surface area contributed by atoms with Crippen molar-refractivity contribution in [1.82, 2.24) is 4.90 Å². The Balaban J connectivity index is 2.52. The van der Waals surface area contributed by atoms with E-state index in [4.69, 9.17) is 5.73 Å². The molecule has 1 atom stereocenters. The number of hydrogen-bond donors (Lipinski definition) is 2. The zero-order valence-electron chi connectivity index (χ0n) is 9.89. The maximum Gasteiger partial charge on any atom is 0.0936 e. The lowest BCUT2D eigenvalue weighted by Gasteiger charge is -2.21. The van der Waals surface area contributed by atoms with E-state index in [1.807, 2.05) is 43.1 Å². The van der Waals surface area contributed by atoms with Crippen LogP contribution >= 0.6 is 11.8 Å². The van der Waals surface area contributed by atoms with E-state index in [2.05, 4.69) is 11.2 Å². The number of likely N-dealkylation sites (N-methyl/N-ethyl adjacent to an activating group) is 1. The largest absolute Gasteiger partial charge is 0.398 e. The smallest absolute Gasteiger partial charge is 0.0936 e. The molecule has 0 spiro atoms. The summed E-state index contributed by atoms with van der Waals surface area (Å²) < 4.78 is 0. The number of nitrogens with two attached hydrogens (primary N) is 1. The standard InChI is InChI=1S/C12H20N2OS/c1-14(7-8-16-2)9-12(15)10-5-3-4-6-11(10)13/h3-6,12,15H,7-9,13H2,1-2H3. The fourth-order valence-corrected chi connectivity index (χ4v) is 2.04. The number of rotatable bonds is 6. The van der Waals surface area contributed by atoms with Gasteiger partial charge in [-0.05, 0) is 19.4 Å². The van der Waals surface area contributed by atoms with Crippen LogP contribution in [-0.4, -0.2) is 42.2 Å². The van der Waals surface area contributed by atoms with E-state index in [0.717, 1.165) is 17.9 Å². The van der Waals surface area contributed by atoms with Crippen molar-refractivity contribution in [3.8, 4) is 0 Å². The molecule has 1 aromatic rings. The number of hydrogen-bond acceptors (Lipinski definition) is 4. The molecule has 3 nitrogen and oxygen atoms in total. The maximum atomic E-state index is 10.0. The van der Waals surface area contributed by atoms with Crippen molar-refractivity contribution in [2.75, 3.05) is 37.9 Å². The Bertz CT molecular complexity index is 320. The van der Waals surface area contributed by atoms with Crippen LogP contribution < -0.4 is 5.73 Å². The average Bonchev–Trinajstić information content (AvgIpc) is 2.26. The van der Waals surface area contributed by atoms with Crippen molar-refractivity contribution in [1.29, 1.82) is 0 Å². The third-order valence-corrected chi connectivity index (χ3v) is 3.11. The summed E-state index contributed by atoms with van der Waals surface area (Å²) in [6.07, 6.45) is 1.58. The molecule has 1 aromatic carbocycles. The van der Waals surface area contributed by atoms with Gasteiger partial charge in [0.25, 0.3) is 0 Å². The molecule has 0 aliphatic carbocycles. The van der Waals surface area contributed by atoms with Gasteiger partial charge < -0.3 is 15.7 Å². The second kappa shape index (κ2) is 6.78. The molecule has 0 saturated heterocycles. The molecular formula is C12H20N2OS. The van der Waals surface area contributed by atoms with Gasteiger partial charge in [-0.3, -0.25) is 0 Å². The molecule has 90 valence electrons. The molecule has 16 heavy (non-hydrogen) atoms. The second-order valence-corrected chi connectivity index (χ2v) is 4.89. The third-order valence-electron chi connectivity index (χ3n) is 2.52. The molecule has 3 N–H and O–H groups in total. The van der Waals surface area contributed by atoms with E-state index in [9.17, 15) is 5.11 Å². The molecule has 0 heterocycles. The Morgan fingerprint density at radius 3 is 2.75 bits per heavy atom. The van der Waals surface area contributed by atoms with Crippen LogP contribution in [0.4, 0.5) is 5.69 Å². The Labute approximate surface area is 102 Å². The summed E-state index contributed by atoms with van der Waals surface area (Å²) in [6, 6.07) is 7.47. The van der Waals surface area contributed by atoms with Gasteiger partial charge in [-0.15, -0.1) is 0 Å². The molecule has 0 saturated carbocycles. The quantitative estimate of drug-likeness (QED) is 0.742. The Hall–Kier alpha value is -0.710. The van der Waals surface area contributed by atoms with Crippen LogP contribution in [0.3, 0.4) is 0 Å². The van der Waals surface area contributed by atoms with E-state index >= 15 is 0 Å². The number of anilines is 1. The van der Waals surface area contributed by atoms with Gasteiger partial charge in [-0.1, -0.05) is 18.2 Å². The van der Waals surface area contributed by atoms with Crippen molar-refractivity contribution < 1.29 is 5.11 Å². The van der Waals surface area contributed by atoms with Crippen LogP contribution in [0.15, 0.2) is 24.3 Å².